The molecule has 6 nitrogen and oxygen atoms in total. The first kappa shape index (κ1) is 14.4. The summed E-state index contributed by atoms with van der Waals surface area (Å²) < 4.78 is 5.29. The molecule has 22 heavy (non-hydrogen) atoms. The number of anilines is 1. The van der Waals surface area contributed by atoms with Gasteiger partial charge in [-0.05, 0) is 26.0 Å². The lowest BCUT2D eigenvalue weighted by molar-refractivity contribution is -0.381. The minimum atomic E-state index is -0.398. The van der Waals surface area contributed by atoms with Crippen LogP contribution in [0.2, 0.25) is 0 Å². The zero-order chi connectivity index (χ0) is 15.7. The molecule has 0 bridgehead atoms. The Kier molecular flexibility index (Phi) is 3.72. The Balaban J connectivity index is 1.79. The summed E-state index contributed by atoms with van der Waals surface area (Å²) in [6, 6.07) is 7.52. The number of carbonyl (C=O) groups is 1. The van der Waals surface area contributed by atoms with E-state index >= 15 is 0 Å². The van der Waals surface area contributed by atoms with Crippen molar-refractivity contribution in [1.29, 1.82) is 0 Å². The third-order valence-corrected chi connectivity index (χ3v) is 4.21. The molecule has 7 heteroatoms. The lowest BCUT2D eigenvalue weighted by Crippen LogP contribution is -2.21. The van der Waals surface area contributed by atoms with Gasteiger partial charge in [-0.15, -0.1) is 16.3 Å². The van der Waals surface area contributed by atoms with Crippen molar-refractivity contribution in [3.63, 3.8) is 0 Å². The minimum absolute atomic E-state index is 0.0320. The molecule has 0 spiro atoms. The lowest BCUT2D eigenvalue weighted by atomic mass is 10.2. The summed E-state index contributed by atoms with van der Waals surface area (Å²) in [7, 11) is 0. The quantitative estimate of drug-likeness (QED) is 0.747. The van der Waals surface area contributed by atoms with Crippen molar-refractivity contribution in [2.24, 2.45) is 0 Å². The van der Waals surface area contributed by atoms with E-state index in [1.165, 1.54) is 11.3 Å². The number of nitrogen functional groups attached to an aromatic ring is 1. The summed E-state index contributed by atoms with van der Waals surface area (Å²) in [5.74, 6) is 0.606. The Morgan fingerprint density at radius 3 is 2.82 bits per heavy atom. The van der Waals surface area contributed by atoms with E-state index in [1.807, 2.05) is 31.2 Å². The van der Waals surface area contributed by atoms with Gasteiger partial charge in [-0.3, -0.25) is 0 Å². The number of benzene rings is 1. The lowest BCUT2D eigenvalue weighted by Gasteiger charge is -2.02. The first-order valence-corrected chi connectivity index (χ1v) is 7.54. The standard InChI is InChI=1S/C15H14N4O2S/c1-8-13(22-9(2)17-8)15(20)21-7-12-18-11-6-4-3-5-10(11)14(16)19-12/h3-6H,7H2,1-2H3,(H2,16,18,19)/p+1. The monoisotopic (exact) mass is 315 g/mol. The molecule has 0 radical (unpaired) electrons. The van der Waals surface area contributed by atoms with Gasteiger partial charge in [-0.2, -0.15) is 0 Å². The molecule has 0 fully saturated rings. The second-order valence-electron chi connectivity index (χ2n) is 4.84. The highest BCUT2D eigenvalue weighted by Crippen LogP contribution is 2.19. The van der Waals surface area contributed by atoms with Gasteiger partial charge in [0.25, 0.3) is 5.82 Å². The molecule has 3 rings (SSSR count). The fraction of sp³-hybridized carbons (Fsp3) is 0.200. The first-order chi connectivity index (χ1) is 10.5. The van der Waals surface area contributed by atoms with Crippen LogP contribution in [0.15, 0.2) is 24.3 Å². The van der Waals surface area contributed by atoms with Crippen molar-refractivity contribution in [2.45, 2.75) is 20.5 Å². The zero-order valence-corrected chi connectivity index (χ0v) is 13.0. The summed E-state index contributed by atoms with van der Waals surface area (Å²) in [4.78, 5) is 24.2. The summed E-state index contributed by atoms with van der Waals surface area (Å²) in [5.41, 5.74) is 7.40. The average molecular weight is 315 g/mol. The molecule has 2 heterocycles. The van der Waals surface area contributed by atoms with Crippen LogP contribution in [0.25, 0.3) is 10.9 Å². The number of aromatic amines is 1. The van der Waals surface area contributed by atoms with Gasteiger partial charge in [-0.1, -0.05) is 12.1 Å². The molecular formula is C15H15N4O2S+. The first-order valence-electron chi connectivity index (χ1n) is 6.72. The average Bonchev–Trinajstić information content (AvgIpc) is 2.84. The SMILES string of the molecule is Cc1nc(C)c(C(=O)OCc2nc3ccccc3c(N)[nH+]2)s1. The largest absolute Gasteiger partial charge is 0.450 e. The second-order valence-corrected chi connectivity index (χ2v) is 6.04. The van der Waals surface area contributed by atoms with E-state index < -0.39 is 5.97 Å². The van der Waals surface area contributed by atoms with E-state index in [0.29, 0.717) is 22.2 Å². The number of nitrogens with zero attached hydrogens (tertiary/aromatic N) is 2. The number of ether oxygens (including phenoxy) is 1. The highest BCUT2D eigenvalue weighted by atomic mass is 32.1. The van der Waals surface area contributed by atoms with Crippen molar-refractivity contribution < 1.29 is 14.5 Å². The molecule has 0 amide bonds. The topological polar surface area (TPSA) is 92.2 Å². The number of rotatable bonds is 3. The minimum Gasteiger partial charge on any atom is -0.450 e. The molecule has 0 aliphatic rings. The van der Waals surface area contributed by atoms with Crippen molar-refractivity contribution in [2.75, 3.05) is 5.73 Å². The van der Waals surface area contributed by atoms with E-state index in [9.17, 15) is 4.79 Å². The molecule has 0 atom stereocenters. The van der Waals surface area contributed by atoms with Crippen LogP contribution in [0.3, 0.4) is 0 Å². The third kappa shape index (κ3) is 2.75. The van der Waals surface area contributed by atoms with Gasteiger partial charge in [0.15, 0.2) is 12.1 Å². The summed E-state index contributed by atoms with van der Waals surface area (Å²) in [6.45, 7) is 3.68. The van der Waals surface area contributed by atoms with Crippen LogP contribution in [-0.2, 0) is 11.3 Å². The van der Waals surface area contributed by atoms with Gasteiger partial charge in [0, 0.05) is 0 Å². The molecule has 1 aromatic carbocycles. The fourth-order valence-electron chi connectivity index (χ4n) is 2.18. The van der Waals surface area contributed by atoms with E-state index in [4.69, 9.17) is 10.5 Å². The number of aromatic nitrogens is 3. The molecule has 0 saturated heterocycles. The highest BCUT2D eigenvalue weighted by Gasteiger charge is 2.17. The number of nitrogens with one attached hydrogen (secondary N) is 1. The number of esters is 1. The Hall–Kier alpha value is -2.54. The van der Waals surface area contributed by atoms with Crippen molar-refractivity contribution in [3.8, 4) is 0 Å². The molecule has 3 aromatic rings. The van der Waals surface area contributed by atoms with E-state index in [0.717, 1.165) is 15.9 Å². The van der Waals surface area contributed by atoms with E-state index in [2.05, 4.69) is 15.0 Å². The predicted octanol–water partition coefficient (Wildman–Crippen LogP) is 2.06. The number of carbonyl (C=O) groups excluding carboxylic acids is 1. The molecule has 2 aromatic heterocycles. The van der Waals surface area contributed by atoms with Crippen LogP contribution < -0.4 is 10.7 Å². The summed E-state index contributed by atoms with van der Waals surface area (Å²) >= 11 is 1.32. The predicted molar refractivity (Wildman–Crippen MR) is 83.4 cm³/mol. The van der Waals surface area contributed by atoms with Crippen molar-refractivity contribution in [1.82, 2.24) is 9.97 Å². The van der Waals surface area contributed by atoms with Crippen LogP contribution in [0.4, 0.5) is 5.82 Å². The van der Waals surface area contributed by atoms with Gasteiger partial charge < -0.3 is 10.5 Å². The number of nitrogens with two attached hydrogens (primary N) is 1. The maximum absolute atomic E-state index is 12.1. The molecule has 0 unspecified atom stereocenters. The molecule has 0 aliphatic heterocycles. The van der Waals surface area contributed by atoms with Gasteiger partial charge in [0.05, 0.1) is 16.1 Å². The number of aryl methyl sites for hydroxylation is 2. The van der Waals surface area contributed by atoms with E-state index in [1.54, 1.807) is 6.92 Å². The molecule has 0 saturated carbocycles. The zero-order valence-electron chi connectivity index (χ0n) is 12.2. The number of thiazole rings is 1. The second kappa shape index (κ2) is 5.69. The Bertz CT molecular complexity index is 860. The number of fused-ring (bicyclic) bond motifs is 1. The van der Waals surface area contributed by atoms with Crippen LogP contribution in [-0.4, -0.2) is 15.9 Å². The van der Waals surface area contributed by atoms with E-state index in [-0.39, 0.29) is 6.61 Å². The number of hydrogen-bond acceptors (Lipinski definition) is 6. The van der Waals surface area contributed by atoms with Gasteiger partial charge in [-0.25, -0.2) is 14.8 Å². The fourth-order valence-corrected chi connectivity index (χ4v) is 3.00. The maximum Gasteiger partial charge on any atom is 0.350 e. The smallest absolute Gasteiger partial charge is 0.350 e. The number of para-hydroxylation sites is 1. The molecule has 112 valence electrons. The Morgan fingerprint density at radius 1 is 1.32 bits per heavy atom. The van der Waals surface area contributed by atoms with Crippen LogP contribution in [0, 0.1) is 13.8 Å². The highest BCUT2D eigenvalue weighted by molar-refractivity contribution is 7.13. The normalized spacial score (nSPS) is 10.8. The van der Waals surface area contributed by atoms with Gasteiger partial charge in [0.2, 0.25) is 5.82 Å². The Labute approximate surface area is 131 Å². The van der Waals surface area contributed by atoms with Gasteiger partial charge in [0.1, 0.15) is 4.88 Å². The van der Waals surface area contributed by atoms with Crippen LogP contribution in [0.5, 0.6) is 0 Å². The third-order valence-electron chi connectivity index (χ3n) is 3.16. The molecule has 0 aliphatic carbocycles. The molecular weight excluding hydrogens is 300 g/mol. The maximum atomic E-state index is 12.1. The van der Waals surface area contributed by atoms with Crippen LogP contribution >= 0.6 is 11.3 Å². The number of hydrogen-bond donors (Lipinski definition) is 1. The van der Waals surface area contributed by atoms with Crippen LogP contribution in [0.1, 0.15) is 26.2 Å². The molecule has 3 N–H and O–H groups in total. The van der Waals surface area contributed by atoms with Gasteiger partial charge >= 0.3 is 5.97 Å². The Morgan fingerprint density at radius 2 is 2.09 bits per heavy atom. The summed E-state index contributed by atoms with van der Waals surface area (Å²) in [5, 5.41) is 1.68. The van der Waals surface area contributed by atoms with Crippen molar-refractivity contribution >= 4 is 34.0 Å². The number of H-pyrrole nitrogens is 1. The summed E-state index contributed by atoms with van der Waals surface area (Å²) in [6.07, 6.45) is 0. The van der Waals surface area contributed by atoms with Crippen molar-refractivity contribution in [3.05, 3.63) is 45.7 Å².